The summed E-state index contributed by atoms with van der Waals surface area (Å²) in [5.41, 5.74) is 1.65. The van der Waals surface area contributed by atoms with Gasteiger partial charge in [0.25, 0.3) is 5.91 Å². The van der Waals surface area contributed by atoms with Crippen molar-refractivity contribution in [2.24, 2.45) is 0 Å². The van der Waals surface area contributed by atoms with Gasteiger partial charge in [0.15, 0.2) is 0 Å². The first-order valence-electron chi connectivity index (χ1n) is 10.0. The molecule has 0 atom stereocenters. The number of nitrogens with zero attached hydrogens (tertiary/aromatic N) is 4. The van der Waals surface area contributed by atoms with E-state index < -0.39 is 10.0 Å². The standard InChI is InChI=1S/C23H20N4O3S/c28-23(22-16-24-20-7-3-4-8-21(20)25-22)26-11-13-27(14-12-26)31(29,30)19-10-9-17-5-1-2-6-18(17)15-19/h1-10,15-16H,11-14H2. The van der Waals surface area contributed by atoms with E-state index in [0.717, 1.165) is 16.3 Å². The Morgan fingerprint density at radius 3 is 2.26 bits per heavy atom. The number of carbonyl (C=O) groups excluding carboxylic acids is 1. The Hall–Kier alpha value is -3.36. The molecule has 7 nitrogen and oxygen atoms in total. The van der Waals surface area contributed by atoms with Gasteiger partial charge in [0, 0.05) is 26.2 Å². The Labute approximate surface area is 180 Å². The molecule has 0 unspecified atom stereocenters. The Morgan fingerprint density at radius 2 is 1.48 bits per heavy atom. The molecular formula is C23H20N4O3S. The molecule has 4 aromatic rings. The summed E-state index contributed by atoms with van der Waals surface area (Å²) >= 11 is 0. The zero-order valence-electron chi connectivity index (χ0n) is 16.7. The minimum atomic E-state index is -3.63. The van der Waals surface area contributed by atoms with Gasteiger partial charge in [-0.3, -0.25) is 9.78 Å². The second-order valence-electron chi connectivity index (χ2n) is 7.45. The third-order valence-electron chi connectivity index (χ3n) is 5.55. The molecule has 0 radical (unpaired) electrons. The van der Waals surface area contributed by atoms with Crippen molar-refractivity contribution in [3.05, 3.63) is 78.6 Å². The Bertz CT molecular complexity index is 1400. The van der Waals surface area contributed by atoms with Gasteiger partial charge in [-0.2, -0.15) is 4.31 Å². The van der Waals surface area contributed by atoms with Gasteiger partial charge in [-0.25, -0.2) is 13.4 Å². The van der Waals surface area contributed by atoms with Crippen molar-refractivity contribution in [2.45, 2.75) is 4.90 Å². The highest BCUT2D eigenvalue weighted by Crippen LogP contribution is 2.23. The molecule has 1 aliphatic rings. The molecule has 0 aliphatic carbocycles. The first-order valence-corrected chi connectivity index (χ1v) is 11.5. The van der Waals surface area contributed by atoms with Crippen LogP contribution in [0.2, 0.25) is 0 Å². The van der Waals surface area contributed by atoms with Gasteiger partial charge < -0.3 is 4.90 Å². The predicted molar refractivity (Wildman–Crippen MR) is 118 cm³/mol. The fraction of sp³-hybridized carbons (Fsp3) is 0.174. The van der Waals surface area contributed by atoms with Crippen molar-refractivity contribution in [3.63, 3.8) is 0 Å². The SMILES string of the molecule is O=C(c1cnc2ccccc2n1)N1CCN(S(=O)(=O)c2ccc3ccccc3c2)CC1. The summed E-state index contributed by atoms with van der Waals surface area (Å²) in [5.74, 6) is -0.235. The maximum atomic E-state index is 13.1. The first-order chi connectivity index (χ1) is 15.0. The summed E-state index contributed by atoms with van der Waals surface area (Å²) in [6, 6.07) is 20.2. The van der Waals surface area contributed by atoms with Crippen LogP contribution in [-0.2, 0) is 10.0 Å². The van der Waals surface area contributed by atoms with Crippen LogP contribution >= 0.6 is 0 Å². The van der Waals surface area contributed by atoms with Gasteiger partial charge in [0.2, 0.25) is 10.0 Å². The maximum absolute atomic E-state index is 13.1. The molecule has 1 saturated heterocycles. The topological polar surface area (TPSA) is 83.5 Å². The molecule has 5 rings (SSSR count). The number of benzene rings is 3. The number of amides is 1. The van der Waals surface area contributed by atoms with Crippen LogP contribution in [0.4, 0.5) is 0 Å². The second kappa shape index (κ2) is 7.72. The van der Waals surface area contributed by atoms with E-state index in [9.17, 15) is 13.2 Å². The molecule has 0 saturated carbocycles. The van der Waals surface area contributed by atoms with Gasteiger partial charge in [0.05, 0.1) is 22.1 Å². The quantitative estimate of drug-likeness (QED) is 0.497. The van der Waals surface area contributed by atoms with Crippen molar-refractivity contribution in [2.75, 3.05) is 26.2 Å². The molecule has 1 amide bonds. The van der Waals surface area contributed by atoms with Gasteiger partial charge in [0.1, 0.15) is 5.69 Å². The monoisotopic (exact) mass is 432 g/mol. The molecule has 31 heavy (non-hydrogen) atoms. The molecule has 2 heterocycles. The molecule has 1 aliphatic heterocycles. The van der Waals surface area contributed by atoms with Crippen LogP contribution in [0, 0.1) is 0 Å². The van der Waals surface area contributed by atoms with Crippen LogP contribution in [0.1, 0.15) is 10.5 Å². The Balaban J connectivity index is 1.32. The summed E-state index contributed by atoms with van der Waals surface area (Å²) < 4.78 is 27.7. The largest absolute Gasteiger partial charge is 0.335 e. The number of carbonyl (C=O) groups is 1. The van der Waals surface area contributed by atoms with E-state index in [-0.39, 0.29) is 29.6 Å². The van der Waals surface area contributed by atoms with Gasteiger partial charge in [-0.15, -0.1) is 0 Å². The van der Waals surface area contributed by atoms with Crippen molar-refractivity contribution in [1.29, 1.82) is 0 Å². The molecule has 8 heteroatoms. The number of rotatable bonds is 3. The van der Waals surface area contributed by atoms with E-state index in [0.29, 0.717) is 18.6 Å². The summed E-state index contributed by atoms with van der Waals surface area (Å²) in [7, 11) is -3.63. The molecule has 156 valence electrons. The van der Waals surface area contributed by atoms with Crippen molar-refractivity contribution in [3.8, 4) is 0 Å². The molecule has 0 spiro atoms. The third kappa shape index (κ3) is 3.64. The zero-order chi connectivity index (χ0) is 21.4. The number of hydrogen-bond acceptors (Lipinski definition) is 5. The lowest BCUT2D eigenvalue weighted by atomic mass is 10.1. The number of para-hydroxylation sites is 2. The lowest BCUT2D eigenvalue weighted by molar-refractivity contribution is 0.0692. The van der Waals surface area contributed by atoms with Crippen LogP contribution in [0.5, 0.6) is 0 Å². The van der Waals surface area contributed by atoms with E-state index >= 15 is 0 Å². The van der Waals surface area contributed by atoms with Crippen molar-refractivity contribution >= 4 is 37.7 Å². The summed E-state index contributed by atoms with van der Waals surface area (Å²) in [6.45, 7) is 1.09. The van der Waals surface area contributed by atoms with E-state index in [4.69, 9.17) is 0 Å². The molecular weight excluding hydrogens is 412 g/mol. The highest BCUT2D eigenvalue weighted by Gasteiger charge is 2.31. The predicted octanol–water partition coefficient (Wildman–Crippen LogP) is 2.93. The number of fused-ring (bicyclic) bond motifs is 2. The van der Waals surface area contributed by atoms with E-state index in [1.165, 1.54) is 10.5 Å². The van der Waals surface area contributed by atoms with E-state index in [1.54, 1.807) is 17.0 Å². The highest BCUT2D eigenvalue weighted by atomic mass is 32.2. The molecule has 1 fully saturated rings. The van der Waals surface area contributed by atoms with Gasteiger partial charge in [-0.1, -0.05) is 42.5 Å². The second-order valence-corrected chi connectivity index (χ2v) is 9.39. The summed E-state index contributed by atoms with van der Waals surface area (Å²) in [6.07, 6.45) is 1.48. The molecule has 1 aromatic heterocycles. The number of aromatic nitrogens is 2. The Morgan fingerprint density at radius 1 is 0.806 bits per heavy atom. The normalized spacial score (nSPS) is 15.4. The molecule has 0 bridgehead atoms. The van der Waals surface area contributed by atoms with Crippen molar-refractivity contribution in [1.82, 2.24) is 19.2 Å². The maximum Gasteiger partial charge on any atom is 0.274 e. The van der Waals surface area contributed by atoms with Crippen molar-refractivity contribution < 1.29 is 13.2 Å². The van der Waals surface area contributed by atoms with Crippen LogP contribution in [0.3, 0.4) is 0 Å². The summed E-state index contributed by atoms with van der Waals surface area (Å²) in [5, 5.41) is 1.88. The average molecular weight is 433 g/mol. The minimum absolute atomic E-state index is 0.235. The summed E-state index contributed by atoms with van der Waals surface area (Å²) in [4.78, 5) is 23.5. The average Bonchev–Trinajstić information content (AvgIpc) is 2.83. The molecule has 3 aromatic carbocycles. The van der Waals surface area contributed by atoms with Crippen LogP contribution in [-0.4, -0.2) is 59.7 Å². The number of piperazine rings is 1. The first kappa shape index (κ1) is 19.6. The number of hydrogen-bond donors (Lipinski definition) is 0. The van der Waals surface area contributed by atoms with E-state index in [2.05, 4.69) is 9.97 Å². The molecule has 0 N–H and O–H groups in total. The van der Waals surface area contributed by atoms with Crippen LogP contribution < -0.4 is 0 Å². The minimum Gasteiger partial charge on any atom is -0.335 e. The fourth-order valence-electron chi connectivity index (χ4n) is 3.83. The fourth-order valence-corrected chi connectivity index (χ4v) is 5.29. The highest BCUT2D eigenvalue weighted by molar-refractivity contribution is 7.89. The third-order valence-corrected chi connectivity index (χ3v) is 7.45. The Kier molecular flexibility index (Phi) is 4.88. The van der Waals surface area contributed by atoms with Gasteiger partial charge >= 0.3 is 0 Å². The zero-order valence-corrected chi connectivity index (χ0v) is 17.5. The van der Waals surface area contributed by atoms with Crippen LogP contribution in [0.25, 0.3) is 21.8 Å². The smallest absolute Gasteiger partial charge is 0.274 e. The van der Waals surface area contributed by atoms with Crippen LogP contribution in [0.15, 0.2) is 77.8 Å². The lowest BCUT2D eigenvalue weighted by Crippen LogP contribution is -2.50. The van der Waals surface area contributed by atoms with Gasteiger partial charge in [-0.05, 0) is 35.0 Å². The van der Waals surface area contributed by atoms with E-state index in [1.807, 2.05) is 54.6 Å². The lowest BCUT2D eigenvalue weighted by Gasteiger charge is -2.33. The number of sulfonamides is 1.